The van der Waals surface area contributed by atoms with Gasteiger partial charge in [0, 0.05) is 5.75 Å². The van der Waals surface area contributed by atoms with Crippen molar-refractivity contribution in [3.63, 3.8) is 0 Å². The van der Waals surface area contributed by atoms with Gasteiger partial charge in [-0.2, -0.15) is 0 Å². The zero-order valence-corrected chi connectivity index (χ0v) is 16.9. The number of carbonyl (C=O) groups excluding carboxylic acids is 1. The Hall–Kier alpha value is -2.80. The van der Waals surface area contributed by atoms with E-state index in [4.69, 9.17) is 13.9 Å². The molecule has 7 heteroatoms. The fourth-order valence-electron chi connectivity index (χ4n) is 2.52. The molecule has 3 rings (SSSR count). The Morgan fingerprint density at radius 3 is 2.71 bits per heavy atom. The number of hydrogen-bond donors (Lipinski definition) is 0. The van der Waals surface area contributed by atoms with E-state index in [1.807, 2.05) is 44.2 Å². The Bertz CT molecular complexity index is 955. The fourth-order valence-corrected chi connectivity index (χ4v) is 3.12. The van der Waals surface area contributed by atoms with Crippen LogP contribution < -0.4 is 9.47 Å². The average Bonchev–Trinajstić information content (AvgIpc) is 3.14. The van der Waals surface area contributed by atoms with Crippen LogP contribution in [0.25, 0.3) is 0 Å². The molecule has 3 aromatic rings. The van der Waals surface area contributed by atoms with Crippen LogP contribution in [0.1, 0.15) is 34.3 Å². The topological polar surface area (TPSA) is 74.5 Å². The van der Waals surface area contributed by atoms with Crippen LogP contribution in [0, 0.1) is 13.8 Å². The van der Waals surface area contributed by atoms with Crippen LogP contribution in [-0.2, 0) is 6.61 Å². The number of hydrogen-bond acceptors (Lipinski definition) is 7. The van der Waals surface area contributed by atoms with Gasteiger partial charge < -0.3 is 13.9 Å². The van der Waals surface area contributed by atoms with Crippen molar-refractivity contribution in [3.8, 4) is 11.5 Å². The summed E-state index contributed by atoms with van der Waals surface area (Å²) < 4.78 is 17.1. The maximum absolute atomic E-state index is 11.6. The molecule has 0 N–H and O–H groups in total. The van der Waals surface area contributed by atoms with Crippen molar-refractivity contribution >= 4 is 17.5 Å². The number of aryl methyl sites for hydroxylation is 2. The largest absolute Gasteiger partial charge is 0.492 e. The van der Waals surface area contributed by atoms with Gasteiger partial charge in [-0.1, -0.05) is 36.0 Å². The van der Waals surface area contributed by atoms with E-state index in [-0.39, 0.29) is 12.4 Å². The molecule has 0 unspecified atom stereocenters. The Balaban J connectivity index is 1.46. The second-order valence-electron chi connectivity index (χ2n) is 6.27. The minimum Gasteiger partial charge on any atom is -0.492 e. The third-order valence-corrected chi connectivity index (χ3v) is 4.76. The molecule has 0 amide bonds. The molecule has 0 aliphatic rings. The lowest BCUT2D eigenvalue weighted by atomic mass is 10.1. The third kappa shape index (κ3) is 5.36. The van der Waals surface area contributed by atoms with E-state index in [1.165, 1.54) is 18.7 Å². The Morgan fingerprint density at radius 2 is 1.89 bits per heavy atom. The summed E-state index contributed by atoms with van der Waals surface area (Å²) in [5.74, 6) is 2.42. The van der Waals surface area contributed by atoms with Gasteiger partial charge >= 0.3 is 0 Å². The van der Waals surface area contributed by atoms with Crippen LogP contribution in [0.15, 0.2) is 52.1 Å². The Kier molecular flexibility index (Phi) is 6.71. The maximum Gasteiger partial charge on any atom is 0.276 e. The van der Waals surface area contributed by atoms with Crippen LogP contribution in [0.4, 0.5) is 0 Å². The zero-order valence-electron chi connectivity index (χ0n) is 16.1. The van der Waals surface area contributed by atoms with E-state index in [1.54, 1.807) is 12.1 Å². The number of thioether (sulfide) groups is 1. The monoisotopic (exact) mass is 398 g/mol. The number of nitrogens with zero attached hydrogens (tertiary/aromatic N) is 2. The summed E-state index contributed by atoms with van der Waals surface area (Å²) in [5.41, 5.74) is 2.77. The minimum atomic E-state index is -0.0198. The summed E-state index contributed by atoms with van der Waals surface area (Å²) in [6.07, 6.45) is 0. The molecule has 1 heterocycles. The molecule has 0 atom stereocenters. The van der Waals surface area contributed by atoms with E-state index < -0.39 is 0 Å². The molecule has 0 radical (unpaired) electrons. The highest BCUT2D eigenvalue weighted by Crippen LogP contribution is 2.22. The van der Waals surface area contributed by atoms with Crippen molar-refractivity contribution in [2.75, 3.05) is 12.4 Å². The normalized spacial score (nSPS) is 10.7. The lowest BCUT2D eigenvalue weighted by molar-refractivity contribution is 0.101. The first-order chi connectivity index (χ1) is 13.5. The summed E-state index contributed by atoms with van der Waals surface area (Å²) >= 11 is 1.40. The van der Waals surface area contributed by atoms with Crippen molar-refractivity contribution < 1.29 is 18.7 Å². The summed E-state index contributed by atoms with van der Waals surface area (Å²) in [4.78, 5) is 11.6. The van der Waals surface area contributed by atoms with E-state index in [0.29, 0.717) is 34.8 Å². The molecule has 0 fully saturated rings. The third-order valence-electron chi connectivity index (χ3n) is 3.98. The minimum absolute atomic E-state index is 0.0198. The Labute approximate surface area is 168 Å². The molecular formula is C21H22N2O4S. The van der Waals surface area contributed by atoms with Gasteiger partial charge in [-0.15, -0.1) is 10.2 Å². The molecule has 0 saturated carbocycles. The quantitative estimate of drug-likeness (QED) is 0.295. The molecule has 2 aromatic carbocycles. The van der Waals surface area contributed by atoms with E-state index >= 15 is 0 Å². The van der Waals surface area contributed by atoms with Crippen molar-refractivity contribution in [1.82, 2.24) is 10.2 Å². The van der Waals surface area contributed by atoms with E-state index in [9.17, 15) is 4.79 Å². The molecule has 6 nitrogen and oxygen atoms in total. The van der Waals surface area contributed by atoms with Crippen molar-refractivity contribution in [2.24, 2.45) is 0 Å². The molecular weight excluding hydrogens is 376 g/mol. The molecule has 1 aromatic heterocycles. The second kappa shape index (κ2) is 9.41. The molecule has 28 heavy (non-hydrogen) atoms. The highest BCUT2D eigenvalue weighted by molar-refractivity contribution is 7.99. The lowest BCUT2D eigenvalue weighted by Crippen LogP contribution is -2.04. The average molecular weight is 398 g/mol. The SMILES string of the molecule is CC(=O)c1ccccc1OCCSc1nnc(COc2cc(C)ccc2C)o1. The number of ether oxygens (including phenoxy) is 2. The number of benzene rings is 2. The molecule has 0 aliphatic heterocycles. The number of aromatic nitrogens is 2. The van der Waals surface area contributed by atoms with Crippen LogP contribution in [0.3, 0.4) is 0 Å². The maximum atomic E-state index is 11.6. The number of ketones is 1. The highest BCUT2D eigenvalue weighted by atomic mass is 32.2. The first-order valence-electron chi connectivity index (χ1n) is 8.91. The first kappa shape index (κ1) is 19.9. The number of Topliss-reactive ketones (excluding diaryl/α,β-unsaturated/α-hetero) is 1. The zero-order chi connectivity index (χ0) is 19.9. The molecule has 0 aliphatic carbocycles. The van der Waals surface area contributed by atoms with Gasteiger partial charge in [0.2, 0.25) is 0 Å². The van der Waals surface area contributed by atoms with Gasteiger partial charge in [0.15, 0.2) is 12.4 Å². The lowest BCUT2D eigenvalue weighted by Gasteiger charge is -2.08. The molecule has 0 saturated heterocycles. The predicted octanol–water partition coefficient (Wildman–Crippen LogP) is 4.64. The summed E-state index contributed by atoms with van der Waals surface area (Å²) in [6, 6.07) is 13.2. The van der Waals surface area contributed by atoms with Crippen LogP contribution in [0.5, 0.6) is 11.5 Å². The van der Waals surface area contributed by atoms with Gasteiger partial charge in [-0.05, 0) is 50.1 Å². The Morgan fingerprint density at radius 1 is 1.07 bits per heavy atom. The van der Waals surface area contributed by atoms with Gasteiger partial charge in [0.05, 0.1) is 12.2 Å². The summed E-state index contributed by atoms with van der Waals surface area (Å²) in [6.45, 7) is 6.18. The number of para-hydroxylation sites is 1. The number of carbonyl (C=O) groups is 1. The van der Waals surface area contributed by atoms with Gasteiger partial charge in [0.25, 0.3) is 11.1 Å². The molecule has 0 bridgehead atoms. The van der Waals surface area contributed by atoms with Crippen LogP contribution in [-0.4, -0.2) is 28.3 Å². The van der Waals surface area contributed by atoms with Crippen molar-refractivity contribution in [3.05, 3.63) is 65.0 Å². The molecule has 146 valence electrons. The number of rotatable bonds is 9. The van der Waals surface area contributed by atoms with Crippen molar-refractivity contribution in [2.45, 2.75) is 32.6 Å². The second-order valence-corrected chi connectivity index (χ2v) is 7.31. The van der Waals surface area contributed by atoms with Gasteiger partial charge in [-0.25, -0.2) is 0 Å². The van der Waals surface area contributed by atoms with Crippen LogP contribution in [0.2, 0.25) is 0 Å². The van der Waals surface area contributed by atoms with E-state index in [0.717, 1.165) is 16.9 Å². The highest BCUT2D eigenvalue weighted by Gasteiger charge is 2.10. The standard InChI is InChI=1S/C21H22N2O4S/c1-14-8-9-15(2)19(12-14)26-13-20-22-23-21(27-20)28-11-10-25-18-7-5-4-6-17(18)16(3)24/h4-9,12H,10-11,13H2,1-3H3. The van der Waals surface area contributed by atoms with Gasteiger partial charge in [0.1, 0.15) is 11.5 Å². The molecule has 0 spiro atoms. The first-order valence-corrected chi connectivity index (χ1v) is 9.89. The fraction of sp³-hybridized carbons (Fsp3) is 0.286. The van der Waals surface area contributed by atoms with Crippen LogP contribution >= 0.6 is 11.8 Å². The van der Waals surface area contributed by atoms with E-state index in [2.05, 4.69) is 10.2 Å². The summed E-state index contributed by atoms with van der Waals surface area (Å²) in [5, 5.41) is 8.49. The van der Waals surface area contributed by atoms with Gasteiger partial charge in [-0.3, -0.25) is 4.79 Å². The predicted molar refractivity (Wildman–Crippen MR) is 107 cm³/mol. The summed E-state index contributed by atoms with van der Waals surface area (Å²) in [7, 11) is 0. The smallest absolute Gasteiger partial charge is 0.276 e. The van der Waals surface area contributed by atoms with Crippen molar-refractivity contribution in [1.29, 1.82) is 0 Å².